The monoisotopic (exact) mass is 524 g/mol. The number of carboxylic acid groups (broad SMARTS) is 1. The molecule has 0 heterocycles. The van der Waals surface area contributed by atoms with Crippen molar-refractivity contribution in [2.45, 2.75) is 112 Å². The van der Waals surface area contributed by atoms with E-state index >= 15 is 0 Å². The van der Waals surface area contributed by atoms with E-state index in [0.717, 1.165) is 38.4 Å². The zero-order valence-electron chi connectivity index (χ0n) is 24.9. The molecule has 0 aliphatic heterocycles. The third-order valence-electron chi connectivity index (χ3n) is 14.0. The largest absolute Gasteiger partial charge is 0.481 e. The molecule has 4 heteroatoms. The number of carbonyl (C=O) groups is 2. The lowest BCUT2D eigenvalue weighted by molar-refractivity contribution is -0.251. The van der Waals surface area contributed by atoms with Gasteiger partial charge in [0.15, 0.2) is 0 Å². The highest BCUT2D eigenvalue weighted by atomic mass is 16.5. The van der Waals surface area contributed by atoms with Gasteiger partial charge in [-0.25, -0.2) is 0 Å². The highest BCUT2D eigenvalue weighted by Crippen LogP contribution is 2.77. The van der Waals surface area contributed by atoms with Crippen LogP contribution in [0.3, 0.4) is 0 Å². The molecule has 5 rings (SSSR count). The van der Waals surface area contributed by atoms with Gasteiger partial charge in [-0.05, 0) is 128 Å². The zero-order chi connectivity index (χ0) is 27.7. The molecular weight excluding hydrogens is 472 g/mol. The molecule has 1 N–H and O–H groups in total. The predicted octanol–water partition coefficient (Wildman–Crippen LogP) is 7.87. The quantitative estimate of drug-likeness (QED) is 0.218. The van der Waals surface area contributed by atoms with Crippen molar-refractivity contribution in [3.8, 4) is 0 Å². The number of fused-ring (bicyclic) bond motifs is 7. The van der Waals surface area contributed by atoms with Gasteiger partial charge in [-0.1, -0.05) is 52.8 Å². The molecule has 0 amide bonds. The van der Waals surface area contributed by atoms with Gasteiger partial charge in [0.25, 0.3) is 0 Å². The molecule has 5 fully saturated rings. The van der Waals surface area contributed by atoms with Crippen molar-refractivity contribution in [1.82, 2.24) is 0 Å². The van der Waals surface area contributed by atoms with Gasteiger partial charge in [0, 0.05) is 0 Å². The van der Waals surface area contributed by atoms with Gasteiger partial charge in [0.05, 0.1) is 18.1 Å². The van der Waals surface area contributed by atoms with Crippen LogP contribution >= 0.6 is 0 Å². The average molecular weight is 525 g/mol. The van der Waals surface area contributed by atoms with Crippen molar-refractivity contribution >= 4 is 12.3 Å². The number of aliphatic carboxylic acids is 1. The van der Waals surface area contributed by atoms with Crippen molar-refractivity contribution in [2.75, 3.05) is 6.61 Å². The first-order valence-electron chi connectivity index (χ1n) is 15.4. The zero-order valence-corrected chi connectivity index (χ0v) is 24.9. The third kappa shape index (κ3) is 3.63. The number of carbonyl (C=O) groups excluding carboxylic acids is 1. The van der Waals surface area contributed by atoms with Crippen LogP contribution in [0.15, 0.2) is 24.3 Å². The highest BCUT2D eigenvalue weighted by Gasteiger charge is 2.72. The lowest BCUT2D eigenvalue weighted by Gasteiger charge is -2.72. The van der Waals surface area contributed by atoms with Crippen LogP contribution in [0.4, 0.5) is 0 Å². The second kappa shape index (κ2) is 9.32. The molecule has 4 nitrogen and oxygen atoms in total. The Morgan fingerprint density at radius 2 is 1.66 bits per heavy atom. The van der Waals surface area contributed by atoms with Gasteiger partial charge in [0.2, 0.25) is 0 Å². The first-order valence-corrected chi connectivity index (χ1v) is 15.4. The fraction of sp³-hybridized carbons (Fsp3) is 0.824. The second-order valence-corrected chi connectivity index (χ2v) is 15.4. The Bertz CT molecular complexity index is 1010. The van der Waals surface area contributed by atoms with Gasteiger partial charge < -0.3 is 9.84 Å². The van der Waals surface area contributed by atoms with Crippen LogP contribution in [-0.2, 0) is 14.3 Å². The summed E-state index contributed by atoms with van der Waals surface area (Å²) < 4.78 is 6.37. The highest BCUT2D eigenvalue weighted by molar-refractivity contribution is 5.76. The second-order valence-electron chi connectivity index (χ2n) is 15.4. The Hall–Kier alpha value is -1.42. The van der Waals surface area contributed by atoms with Gasteiger partial charge in [0.1, 0.15) is 6.29 Å². The molecule has 5 saturated carbocycles. The normalized spacial score (nSPS) is 49.4. The van der Waals surface area contributed by atoms with Gasteiger partial charge in [-0.15, -0.1) is 0 Å². The van der Waals surface area contributed by atoms with E-state index in [0.29, 0.717) is 30.3 Å². The van der Waals surface area contributed by atoms with E-state index in [1.165, 1.54) is 43.8 Å². The summed E-state index contributed by atoms with van der Waals surface area (Å²) in [5, 5.41) is 10.6. The molecule has 0 aromatic carbocycles. The molecule has 0 radical (unpaired) electrons. The molecule has 0 spiro atoms. The topological polar surface area (TPSA) is 63.6 Å². The molecule has 5 aliphatic carbocycles. The molecule has 0 aromatic rings. The van der Waals surface area contributed by atoms with E-state index in [2.05, 4.69) is 48.1 Å². The average Bonchev–Trinajstić information content (AvgIpc) is 3.25. The van der Waals surface area contributed by atoms with Gasteiger partial charge >= 0.3 is 5.97 Å². The molecule has 212 valence electrons. The first kappa shape index (κ1) is 28.1. The van der Waals surface area contributed by atoms with Crippen LogP contribution in [-0.4, -0.2) is 30.1 Å². The standard InChI is InChI=1S/C34H52O4/c1-22(2)23-12-17-34(29(36)37)19-18-32(6)24(28(23)34)10-11-26-31(5)15-14-27(38-21-9-8-20-35)30(3,4)25(31)13-16-33(26,32)7/h8-9,20,23-28H,1,10-19,21H2,2-7H3,(H,36,37)/t23-,24+,25-,26+,27-,28+,31-,32+,33+,34-/m0/s1. The maximum atomic E-state index is 12.9. The molecule has 0 unspecified atom stereocenters. The van der Waals surface area contributed by atoms with Crippen molar-refractivity contribution in [2.24, 2.45) is 56.7 Å². The fourth-order valence-electron chi connectivity index (χ4n) is 12.1. The maximum Gasteiger partial charge on any atom is 0.309 e. The van der Waals surface area contributed by atoms with E-state index in [1.54, 1.807) is 0 Å². The number of hydrogen-bond donors (Lipinski definition) is 1. The summed E-state index contributed by atoms with van der Waals surface area (Å²) in [7, 11) is 0. The minimum absolute atomic E-state index is 0.0859. The minimum Gasteiger partial charge on any atom is -0.481 e. The molecule has 0 aromatic heterocycles. The van der Waals surface area contributed by atoms with E-state index in [1.807, 2.05) is 6.08 Å². The summed E-state index contributed by atoms with van der Waals surface area (Å²) in [6, 6.07) is 0. The lowest BCUT2D eigenvalue weighted by Crippen LogP contribution is -2.67. The van der Waals surface area contributed by atoms with Crippen LogP contribution in [0.2, 0.25) is 0 Å². The van der Waals surface area contributed by atoms with Crippen molar-refractivity contribution in [1.29, 1.82) is 0 Å². The fourth-order valence-corrected chi connectivity index (χ4v) is 12.1. The third-order valence-corrected chi connectivity index (χ3v) is 14.0. The minimum atomic E-state index is -0.548. The van der Waals surface area contributed by atoms with Crippen LogP contribution in [0.25, 0.3) is 0 Å². The van der Waals surface area contributed by atoms with Crippen molar-refractivity contribution < 1.29 is 19.4 Å². The number of hydrogen-bond acceptors (Lipinski definition) is 3. The Balaban J connectivity index is 1.46. The Kier molecular flexibility index (Phi) is 6.89. The van der Waals surface area contributed by atoms with Crippen molar-refractivity contribution in [3.05, 3.63) is 24.3 Å². The number of rotatable bonds is 6. The van der Waals surface area contributed by atoms with E-state index in [4.69, 9.17) is 4.74 Å². The van der Waals surface area contributed by atoms with E-state index in [9.17, 15) is 14.7 Å². The maximum absolute atomic E-state index is 12.9. The molecule has 10 atom stereocenters. The SMILES string of the molecule is C=C(C)[C@@H]1CC[C@]2(C(=O)O)CC[C@]3(C)[C@H](CC[C@@H]4[C@@]5(C)CC[C@H](OCC=CC=O)C(C)(C)[C@@H]5CC[C@]43C)[C@@H]12. The van der Waals surface area contributed by atoms with Gasteiger partial charge in [-0.2, -0.15) is 0 Å². The Morgan fingerprint density at radius 1 is 0.921 bits per heavy atom. The molecule has 5 aliphatic rings. The van der Waals surface area contributed by atoms with Crippen LogP contribution in [0.5, 0.6) is 0 Å². The number of allylic oxidation sites excluding steroid dienone is 2. The summed E-state index contributed by atoms with van der Waals surface area (Å²) in [4.78, 5) is 23.5. The van der Waals surface area contributed by atoms with Crippen LogP contribution < -0.4 is 0 Å². The van der Waals surface area contributed by atoms with Crippen molar-refractivity contribution in [3.63, 3.8) is 0 Å². The molecule has 0 bridgehead atoms. The number of aldehydes is 1. The van der Waals surface area contributed by atoms with Crippen LogP contribution in [0, 0.1) is 56.7 Å². The summed E-state index contributed by atoms with van der Waals surface area (Å²) >= 11 is 0. The summed E-state index contributed by atoms with van der Waals surface area (Å²) in [6.07, 6.45) is 15.2. The number of ether oxygens (including phenoxy) is 1. The smallest absolute Gasteiger partial charge is 0.309 e. The lowest BCUT2D eigenvalue weighted by atomic mass is 9.32. The summed E-state index contributed by atoms with van der Waals surface area (Å²) in [6.45, 7) is 19.7. The summed E-state index contributed by atoms with van der Waals surface area (Å²) in [5.41, 5.74) is 1.41. The number of carboxylic acids is 1. The van der Waals surface area contributed by atoms with Gasteiger partial charge in [-0.3, -0.25) is 9.59 Å². The van der Waals surface area contributed by atoms with Crippen LogP contribution in [0.1, 0.15) is 106 Å². The Morgan fingerprint density at radius 3 is 2.32 bits per heavy atom. The molecule has 38 heavy (non-hydrogen) atoms. The van der Waals surface area contributed by atoms with E-state index in [-0.39, 0.29) is 33.7 Å². The Labute approximate surface area is 231 Å². The van der Waals surface area contributed by atoms with E-state index < -0.39 is 11.4 Å². The first-order chi connectivity index (χ1) is 17.8. The molecule has 0 saturated heterocycles. The predicted molar refractivity (Wildman–Crippen MR) is 152 cm³/mol. The summed E-state index contributed by atoms with van der Waals surface area (Å²) in [5.74, 6) is 1.78. The molecular formula is C34H52O4.